The zero-order valence-corrected chi connectivity index (χ0v) is 9.92. The molecule has 0 unspecified atom stereocenters. The smallest absolute Gasteiger partial charge is 0.211 e. The van der Waals surface area contributed by atoms with Crippen molar-refractivity contribution >= 4 is 6.08 Å². The third-order valence-electron chi connectivity index (χ3n) is 3.80. The molecule has 2 nitrogen and oxygen atoms in total. The molecular formula is C14H17NO. The number of hydrogen-bond acceptors (Lipinski definition) is 2. The molecule has 0 N–H and O–H groups in total. The van der Waals surface area contributed by atoms with E-state index in [0.717, 1.165) is 25.7 Å². The van der Waals surface area contributed by atoms with Crippen LogP contribution in [-0.4, -0.2) is 6.08 Å². The van der Waals surface area contributed by atoms with E-state index in [0.29, 0.717) is 0 Å². The van der Waals surface area contributed by atoms with Gasteiger partial charge in [-0.1, -0.05) is 31.0 Å². The average Bonchev–Trinajstić information content (AvgIpc) is 2.72. The Morgan fingerprint density at radius 2 is 1.94 bits per heavy atom. The number of isocyanates is 1. The number of hydrogen-bond donors (Lipinski definition) is 0. The highest BCUT2D eigenvalue weighted by molar-refractivity contribution is 5.43. The number of carbonyl (C=O) groups excluding carboxylic acids is 1. The summed E-state index contributed by atoms with van der Waals surface area (Å²) in [6.45, 7) is 4.22. The molecule has 0 aliphatic heterocycles. The van der Waals surface area contributed by atoms with E-state index in [1.807, 2.05) is 0 Å². The van der Waals surface area contributed by atoms with Gasteiger partial charge in [0.15, 0.2) is 0 Å². The Hall–Kier alpha value is -1.40. The topological polar surface area (TPSA) is 29.4 Å². The minimum Gasteiger partial charge on any atom is -0.211 e. The van der Waals surface area contributed by atoms with Crippen molar-refractivity contribution in [2.75, 3.05) is 0 Å². The fraction of sp³-hybridized carbons (Fsp3) is 0.500. The first-order valence-electron chi connectivity index (χ1n) is 5.85. The molecule has 0 atom stereocenters. The van der Waals surface area contributed by atoms with E-state index in [1.165, 1.54) is 16.7 Å². The highest BCUT2D eigenvalue weighted by atomic mass is 16.1. The summed E-state index contributed by atoms with van der Waals surface area (Å²) in [6.07, 6.45) is 6.03. The van der Waals surface area contributed by atoms with Gasteiger partial charge in [0.2, 0.25) is 6.08 Å². The van der Waals surface area contributed by atoms with E-state index in [9.17, 15) is 4.79 Å². The van der Waals surface area contributed by atoms with Crippen molar-refractivity contribution in [2.45, 2.75) is 45.1 Å². The largest absolute Gasteiger partial charge is 0.235 e. The van der Waals surface area contributed by atoms with Crippen molar-refractivity contribution in [1.29, 1.82) is 0 Å². The summed E-state index contributed by atoms with van der Waals surface area (Å²) >= 11 is 0. The Morgan fingerprint density at radius 3 is 2.56 bits per heavy atom. The molecule has 16 heavy (non-hydrogen) atoms. The van der Waals surface area contributed by atoms with E-state index < -0.39 is 0 Å². The van der Waals surface area contributed by atoms with Crippen LogP contribution in [0.3, 0.4) is 0 Å². The molecule has 1 aliphatic carbocycles. The quantitative estimate of drug-likeness (QED) is 0.549. The summed E-state index contributed by atoms with van der Waals surface area (Å²) in [5.74, 6) is 0. The van der Waals surface area contributed by atoms with Gasteiger partial charge in [-0.2, -0.15) is 4.99 Å². The monoisotopic (exact) mass is 215 g/mol. The Balaban J connectivity index is 2.55. The lowest BCUT2D eigenvalue weighted by Gasteiger charge is -2.25. The van der Waals surface area contributed by atoms with Crippen LogP contribution in [0.15, 0.2) is 23.2 Å². The molecule has 1 aromatic carbocycles. The van der Waals surface area contributed by atoms with Gasteiger partial charge in [-0.25, -0.2) is 4.79 Å². The minimum atomic E-state index is -0.280. The summed E-state index contributed by atoms with van der Waals surface area (Å²) in [5, 5.41) is 0. The minimum absolute atomic E-state index is 0.280. The van der Waals surface area contributed by atoms with Gasteiger partial charge in [0, 0.05) is 0 Å². The Morgan fingerprint density at radius 1 is 1.25 bits per heavy atom. The molecule has 1 aromatic rings. The van der Waals surface area contributed by atoms with Crippen LogP contribution in [0, 0.1) is 13.8 Å². The summed E-state index contributed by atoms with van der Waals surface area (Å²) in [4.78, 5) is 14.8. The lowest BCUT2D eigenvalue weighted by molar-refractivity contribution is 0.453. The number of rotatable bonds is 2. The molecule has 0 spiro atoms. The first kappa shape index (κ1) is 11.1. The summed E-state index contributed by atoms with van der Waals surface area (Å²) in [6, 6.07) is 6.26. The second-order valence-electron chi connectivity index (χ2n) is 4.69. The molecule has 0 bridgehead atoms. The van der Waals surface area contributed by atoms with Gasteiger partial charge >= 0.3 is 0 Å². The van der Waals surface area contributed by atoms with Crippen LogP contribution in [-0.2, 0) is 10.3 Å². The van der Waals surface area contributed by atoms with Gasteiger partial charge in [-0.15, -0.1) is 0 Å². The molecule has 0 aromatic heterocycles. The SMILES string of the molecule is Cc1cccc(C2(N=C=O)CCCC2)c1C. The second-order valence-corrected chi connectivity index (χ2v) is 4.69. The predicted octanol–water partition coefficient (Wildman–Crippen LogP) is 3.41. The molecule has 2 heteroatoms. The van der Waals surface area contributed by atoms with E-state index in [-0.39, 0.29) is 5.54 Å². The van der Waals surface area contributed by atoms with Crippen LogP contribution >= 0.6 is 0 Å². The van der Waals surface area contributed by atoms with Crippen molar-refractivity contribution in [3.05, 3.63) is 34.9 Å². The van der Waals surface area contributed by atoms with E-state index in [1.54, 1.807) is 6.08 Å². The third kappa shape index (κ3) is 1.70. The lowest BCUT2D eigenvalue weighted by Crippen LogP contribution is -2.20. The molecular weight excluding hydrogens is 198 g/mol. The Labute approximate surface area is 96.4 Å². The van der Waals surface area contributed by atoms with Crippen molar-refractivity contribution in [3.8, 4) is 0 Å². The normalized spacial score (nSPS) is 18.1. The van der Waals surface area contributed by atoms with Crippen molar-refractivity contribution in [3.63, 3.8) is 0 Å². The maximum atomic E-state index is 10.6. The predicted molar refractivity (Wildman–Crippen MR) is 64.2 cm³/mol. The summed E-state index contributed by atoms with van der Waals surface area (Å²) < 4.78 is 0. The van der Waals surface area contributed by atoms with Crippen LogP contribution in [0.2, 0.25) is 0 Å². The first-order valence-corrected chi connectivity index (χ1v) is 5.85. The fourth-order valence-corrected chi connectivity index (χ4v) is 2.74. The van der Waals surface area contributed by atoms with Crippen LogP contribution in [0.4, 0.5) is 0 Å². The molecule has 84 valence electrons. The van der Waals surface area contributed by atoms with Crippen LogP contribution < -0.4 is 0 Å². The van der Waals surface area contributed by atoms with Crippen molar-refractivity contribution in [1.82, 2.24) is 0 Å². The number of benzene rings is 1. The number of nitrogens with zero attached hydrogens (tertiary/aromatic N) is 1. The molecule has 1 saturated carbocycles. The molecule has 1 aliphatic rings. The van der Waals surface area contributed by atoms with Gasteiger partial charge in [0.05, 0.1) is 5.54 Å². The maximum Gasteiger partial charge on any atom is 0.235 e. The fourth-order valence-electron chi connectivity index (χ4n) is 2.74. The molecule has 0 heterocycles. The first-order chi connectivity index (χ1) is 7.69. The van der Waals surface area contributed by atoms with Gasteiger partial charge in [0.1, 0.15) is 0 Å². The molecule has 2 rings (SSSR count). The highest BCUT2D eigenvalue weighted by Crippen LogP contribution is 2.43. The summed E-state index contributed by atoms with van der Waals surface area (Å²) in [5.41, 5.74) is 3.47. The maximum absolute atomic E-state index is 10.6. The zero-order valence-electron chi connectivity index (χ0n) is 9.92. The average molecular weight is 215 g/mol. The Kier molecular flexibility index (Phi) is 2.93. The molecule has 0 radical (unpaired) electrons. The lowest BCUT2D eigenvalue weighted by atomic mass is 9.84. The highest BCUT2D eigenvalue weighted by Gasteiger charge is 2.36. The van der Waals surface area contributed by atoms with Gasteiger partial charge in [0.25, 0.3) is 0 Å². The van der Waals surface area contributed by atoms with Crippen LogP contribution in [0.5, 0.6) is 0 Å². The zero-order chi connectivity index (χ0) is 11.6. The molecule has 0 saturated heterocycles. The van der Waals surface area contributed by atoms with E-state index in [4.69, 9.17) is 0 Å². The van der Waals surface area contributed by atoms with Crippen LogP contribution in [0.25, 0.3) is 0 Å². The number of aryl methyl sites for hydroxylation is 1. The standard InChI is InChI=1S/C14H17NO/c1-11-6-5-7-13(12(11)2)14(15-10-16)8-3-4-9-14/h5-7H,3-4,8-9H2,1-2H3. The summed E-state index contributed by atoms with van der Waals surface area (Å²) in [7, 11) is 0. The molecule has 0 amide bonds. The van der Waals surface area contributed by atoms with Gasteiger partial charge in [-0.05, 0) is 43.4 Å². The van der Waals surface area contributed by atoms with E-state index >= 15 is 0 Å². The van der Waals surface area contributed by atoms with Crippen LogP contribution in [0.1, 0.15) is 42.4 Å². The second kappa shape index (κ2) is 4.23. The number of aliphatic imine (C=N–C) groups is 1. The third-order valence-corrected chi connectivity index (χ3v) is 3.80. The van der Waals surface area contributed by atoms with Crippen molar-refractivity contribution < 1.29 is 4.79 Å². The van der Waals surface area contributed by atoms with Gasteiger partial charge in [-0.3, -0.25) is 0 Å². The Bertz CT molecular complexity index is 438. The van der Waals surface area contributed by atoms with E-state index in [2.05, 4.69) is 37.0 Å². The van der Waals surface area contributed by atoms with Gasteiger partial charge < -0.3 is 0 Å². The molecule has 1 fully saturated rings. The van der Waals surface area contributed by atoms with Crippen molar-refractivity contribution in [2.24, 2.45) is 4.99 Å².